The smallest absolute Gasteiger partial charge is 0.150 e. The van der Waals surface area contributed by atoms with E-state index in [2.05, 4.69) is 42.8 Å². The van der Waals surface area contributed by atoms with Gasteiger partial charge in [0.05, 0.1) is 11.4 Å². The second-order valence-corrected chi connectivity index (χ2v) is 4.87. The minimum atomic E-state index is 0.823. The predicted molar refractivity (Wildman–Crippen MR) is 78.1 cm³/mol. The number of hydrogen-bond acceptors (Lipinski definition) is 4. The van der Waals surface area contributed by atoms with Crippen LogP contribution in [0.2, 0.25) is 0 Å². The summed E-state index contributed by atoms with van der Waals surface area (Å²) in [6, 6.07) is 0. The zero-order chi connectivity index (χ0) is 13.7. The van der Waals surface area contributed by atoms with E-state index < -0.39 is 0 Å². The highest BCUT2D eigenvalue weighted by Gasteiger charge is 2.16. The lowest BCUT2D eigenvalue weighted by atomic mass is 10.3. The Bertz CT molecular complexity index is 370. The second-order valence-electron chi connectivity index (χ2n) is 4.87. The zero-order valence-corrected chi connectivity index (χ0v) is 12.4. The molecule has 0 aliphatic heterocycles. The van der Waals surface area contributed by atoms with E-state index >= 15 is 0 Å². The van der Waals surface area contributed by atoms with Crippen LogP contribution in [0, 0.1) is 6.92 Å². The lowest BCUT2D eigenvalue weighted by molar-refractivity contribution is 0.400. The first-order chi connectivity index (χ1) is 8.51. The summed E-state index contributed by atoms with van der Waals surface area (Å²) in [5, 5.41) is 4.48. The standard InChI is InChI=1S/C13H27N5/c1-6-17(10-8-9-16(4)5)13-12(14)11(3)15-18(13)7-2/h6-10,14H2,1-5H3. The van der Waals surface area contributed by atoms with Gasteiger partial charge in [0.2, 0.25) is 0 Å². The molecule has 1 rings (SSSR count). The van der Waals surface area contributed by atoms with Crippen LogP contribution in [0.25, 0.3) is 0 Å². The van der Waals surface area contributed by atoms with Crippen LogP contribution in [-0.2, 0) is 6.54 Å². The molecule has 0 radical (unpaired) electrons. The van der Waals surface area contributed by atoms with E-state index in [-0.39, 0.29) is 0 Å². The summed E-state index contributed by atoms with van der Waals surface area (Å²) >= 11 is 0. The number of anilines is 2. The SMILES string of the molecule is CCN(CCCN(C)C)c1c(N)c(C)nn1CC. The van der Waals surface area contributed by atoms with Gasteiger partial charge in [-0.2, -0.15) is 5.10 Å². The van der Waals surface area contributed by atoms with Crippen molar-refractivity contribution >= 4 is 11.5 Å². The van der Waals surface area contributed by atoms with Crippen LogP contribution in [0.4, 0.5) is 11.5 Å². The highest BCUT2D eigenvalue weighted by atomic mass is 15.4. The summed E-state index contributed by atoms with van der Waals surface area (Å²) in [6.45, 7) is 10.2. The van der Waals surface area contributed by atoms with Gasteiger partial charge in [-0.1, -0.05) is 0 Å². The van der Waals surface area contributed by atoms with E-state index in [0.717, 1.165) is 49.8 Å². The maximum Gasteiger partial charge on any atom is 0.150 e. The largest absolute Gasteiger partial charge is 0.394 e. The van der Waals surface area contributed by atoms with Crippen LogP contribution in [0.15, 0.2) is 0 Å². The summed E-state index contributed by atoms with van der Waals surface area (Å²) in [6.07, 6.45) is 1.13. The lowest BCUT2D eigenvalue weighted by Gasteiger charge is -2.25. The Hall–Kier alpha value is -1.23. The fourth-order valence-corrected chi connectivity index (χ4v) is 2.13. The van der Waals surface area contributed by atoms with Crippen molar-refractivity contribution in [3.63, 3.8) is 0 Å². The fraction of sp³-hybridized carbons (Fsp3) is 0.769. The van der Waals surface area contributed by atoms with E-state index in [1.54, 1.807) is 0 Å². The van der Waals surface area contributed by atoms with Crippen LogP contribution in [0.1, 0.15) is 26.0 Å². The van der Waals surface area contributed by atoms with E-state index in [4.69, 9.17) is 5.73 Å². The summed E-state index contributed by atoms with van der Waals surface area (Å²) in [7, 11) is 4.20. The number of nitrogen functional groups attached to an aromatic ring is 1. The third kappa shape index (κ3) is 3.38. The van der Waals surface area contributed by atoms with E-state index in [9.17, 15) is 0 Å². The number of aryl methyl sites for hydroxylation is 2. The number of rotatable bonds is 7. The average Bonchev–Trinajstić information content (AvgIpc) is 2.61. The average molecular weight is 253 g/mol. The van der Waals surface area contributed by atoms with Crippen molar-refractivity contribution in [2.45, 2.75) is 33.7 Å². The Morgan fingerprint density at radius 2 is 1.89 bits per heavy atom. The molecule has 1 aromatic heterocycles. The van der Waals surface area contributed by atoms with Gasteiger partial charge in [-0.15, -0.1) is 0 Å². The molecule has 0 aliphatic carbocycles. The topological polar surface area (TPSA) is 50.3 Å². The van der Waals surface area contributed by atoms with Gasteiger partial charge in [-0.05, 0) is 47.8 Å². The van der Waals surface area contributed by atoms with Gasteiger partial charge >= 0.3 is 0 Å². The van der Waals surface area contributed by atoms with Crippen molar-refractivity contribution in [2.75, 3.05) is 44.4 Å². The molecule has 0 saturated carbocycles. The van der Waals surface area contributed by atoms with Crippen LogP contribution >= 0.6 is 0 Å². The Morgan fingerprint density at radius 3 is 2.39 bits per heavy atom. The molecular weight excluding hydrogens is 226 g/mol. The van der Waals surface area contributed by atoms with Gasteiger partial charge in [0.1, 0.15) is 0 Å². The summed E-state index contributed by atoms with van der Waals surface area (Å²) < 4.78 is 2.00. The van der Waals surface area contributed by atoms with Crippen LogP contribution in [-0.4, -0.2) is 48.4 Å². The molecule has 0 unspecified atom stereocenters. The molecule has 104 valence electrons. The molecule has 2 N–H and O–H groups in total. The molecule has 5 nitrogen and oxygen atoms in total. The fourth-order valence-electron chi connectivity index (χ4n) is 2.13. The Kier molecular flexibility index (Phi) is 5.47. The number of nitrogens with zero attached hydrogens (tertiary/aromatic N) is 4. The lowest BCUT2D eigenvalue weighted by Crippen LogP contribution is -2.29. The Balaban J connectivity index is 2.81. The maximum absolute atomic E-state index is 6.15. The third-order valence-electron chi connectivity index (χ3n) is 3.16. The van der Waals surface area contributed by atoms with Gasteiger partial charge in [-0.3, -0.25) is 0 Å². The van der Waals surface area contributed by atoms with Gasteiger partial charge in [-0.25, -0.2) is 4.68 Å². The maximum atomic E-state index is 6.15. The molecule has 0 amide bonds. The summed E-state index contributed by atoms with van der Waals surface area (Å²) in [5.74, 6) is 1.08. The first-order valence-corrected chi connectivity index (χ1v) is 6.73. The molecule has 18 heavy (non-hydrogen) atoms. The third-order valence-corrected chi connectivity index (χ3v) is 3.16. The van der Waals surface area contributed by atoms with Gasteiger partial charge in [0.25, 0.3) is 0 Å². The number of aromatic nitrogens is 2. The second kappa shape index (κ2) is 6.64. The van der Waals surface area contributed by atoms with Crippen molar-refractivity contribution in [1.82, 2.24) is 14.7 Å². The molecule has 1 aromatic rings. The molecular formula is C13H27N5. The summed E-state index contributed by atoms with van der Waals surface area (Å²) in [4.78, 5) is 4.53. The first-order valence-electron chi connectivity index (χ1n) is 6.73. The van der Waals surface area contributed by atoms with Crippen molar-refractivity contribution in [1.29, 1.82) is 0 Å². The van der Waals surface area contributed by atoms with Crippen molar-refractivity contribution in [3.05, 3.63) is 5.69 Å². The quantitative estimate of drug-likeness (QED) is 0.801. The Labute approximate surface area is 111 Å². The number of nitrogens with two attached hydrogens (primary N) is 1. The summed E-state index contributed by atoms with van der Waals surface area (Å²) in [5.41, 5.74) is 7.90. The molecule has 0 aliphatic rings. The monoisotopic (exact) mass is 253 g/mol. The Morgan fingerprint density at radius 1 is 1.22 bits per heavy atom. The van der Waals surface area contributed by atoms with Gasteiger partial charge < -0.3 is 15.5 Å². The first kappa shape index (κ1) is 14.8. The van der Waals surface area contributed by atoms with Crippen LogP contribution in [0.3, 0.4) is 0 Å². The van der Waals surface area contributed by atoms with Crippen LogP contribution < -0.4 is 10.6 Å². The van der Waals surface area contributed by atoms with Gasteiger partial charge in [0, 0.05) is 19.6 Å². The number of hydrogen-bond donors (Lipinski definition) is 1. The predicted octanol–water partition coefficient (Wildman–Crippen LogP) is 1.57. The van der Waals surface area contributed by atoms with E-state index in [0.29, 0.717) is 0 Å². The molecule has 0 spiro atoms. The highest BCUT2D eigenvalue weighted by Crippen LogP contribution is 2.26. The van der Waals surface area contributed by atoms with E-state index in [1.807, 2.05) is 11.6 Å². The normalized spacial score (nSPS) is 11.2. The van der Waals surface area contributed by atoms with Gasteiger partial charge in [0.15, 0.2) is 5.82 Å². The highest BCUT2D eigenvalue weighted by molar-refractivity contribution is 5.66. The van der Waals surface area contributed by atoms with Crippen LogP contribution in [0.5, 0.6) is 0 Å². The molecule has 0 saturated heterocycles. The van der Waals surface area contributed by atoms with Crippen molar-refractivity contribution in [2.24, 2.45) is 0 Å². The minimum absolute atomic E-state index is 0.823. The molecule has 0 aromatic carbocycles. The molecule has 1 heterocycles. The van der Waals surface area contributed by atoms with Crippen molar-refractivity contribution in [3.8, 4) is 0 Å². The minimum Gasteiger partial charge on any atom is -0.394 e. The zero-order valence-electron chi connectivity index (χ0n) is 12.4. The van der Waals surface area contributed by atoms with E-state index in [1.165, 1.54) is 0 Å². The molecule has 5 heteroatoms. The van der Waals surface area contributed by atoms with Crippen molar-refractivity contribution < 1.29 is 0 Å². The molecule has 0 bridgehead atoms. The molecule has 0 fully saturated rings. The molecule has 0 atom stereocenters.